The highest BCUT2D eigenvalue weighted by atomic mass is 16.2. The number of urea groups is 1. The molecule has 0 saturated carbocycles. The van der Waals surface area contributed by atoms with Crippen LogP contribution in [0.5, 0.6) is 0 Å². The summed E-state index contributed by atoms with van der Waals surface area (Å²) in [4.78, 5) is 12.1. The van der Waals surface area contributed by atoms with Gasteiger partial charge >= 0.3 is 6.03 Å². The molecular weight excluding hydrogens is 296 g/mol. The number of nitrogens with one attached hydrogen (secondary N) is 2. The SMILES string of the molecule is Cc1ccc(CNC(=O)N[C@@H](C)c2ccc3ccccc3c2)cc1. The van der Waals surface area contributed by atoms with E-state index >= 15 is 0 Å². The van der Waals surface area contributed by atoms with Crippen LogP contribution in [0.25, 0.3) is 10.8 Å². The van der Waals surface area contributed by atoms with Crippen LogP contribution in [0.1, 0.15) is 29.7 Å². The molecule has 24 heavy (non-hydrogen) atoms. The molecule has 3 aromatic rings. The van der Waals surface area contributed by atoms with E-state index in [1.165, 1.54) is 16.3 Å². The minimum absolute atomic E-state index is 0.0485. The molecule has 3 nitrogen and oxygen atoms in total. The van der Waals surface area contributed by atoms with Gasteiger partial charge in [0, 0.05) is 6.54 Å². The molecule has 2 amide bonds. The number of carbonyl (C=O) groups is 1. The average molecular weight is 318 g/mol. The molecule has 0 aliphatic carbocycles. The van der Waals surface area contributed by atoms with Crippen LogP contribution in [0.4, 0.5) is 4.79 Å². The molecule has 0 bridgehead atoms. The molecule has 0 unspecified atom stereocenters. The third-order valence-corrected chi connectivity index (χ3v) is 4.19. The Morgan fingerprint density at radius 2 is 1.67 bits per heavy atom. The summed E-state index contributed by atoms with van der Waals surface area (Å²) in [5.41, 5.74) is 3.40. The van der Waals surface area contributed by atoms with Crippen molar-refractivity contribution in [3.63, 3.8) is 0 Å². The lowest BCUT2D eigenvalue weighted by Crippen LogP contribution is -2.36. The smallest absolute Gasteiger partial charge is 0.315 e. The number of rotatable bonds is 4. The van der Waals surface area contributed by atoms with Crippen LogP contribution in [0.2, 0.25) is 0 Å². The fraction of sp³-hybridized carbons (Fsp3) is 0.190. The molecule has 0 spiro atoms. The highest BCUT2D eigenvalue weighted by Gasteiger charge is 2.09. The van der Waals surface area contributed by atoms with Crippen molar-refractivity contribution in [3.8, 4) is 0 Å². The number of carbonyl (C=O) groups excluding carboxylic acids is 1. The summed E-state index contributed by atoms with van der Waals surface area (Å²) in [5.74, 6) is 0. The lowest BCUT2D eigenvalue weighted by molar-refractivity contribution is 0.237. The predicted octanol–water partition coefficient (Wildman–Crippen LogP) is 4.71. The first kappa shape index (κ1) is 16.1. The van der Waals surface area contributed by atoms with E-state index in [1.807, 2.05) is 43.3 Å². The topological polar surface area (TPSA) is 41.1 Å². The Morgan fingerprint density at radius 3 is 2.42 bits per heavy atom. The van der Waals surface area contributed by atoms with Gasteiger partial charge in [-0.1, -0.05) is 66.2 Å². The van der Waals surface area contributed by atoms with Crippen LogP contribution in [-0.2, 0) is 6.54 Å². The van der Waals surface area contributed by atoms with Crippen LogP contribution in [0, 0.1) is 6.92 Å². The number of hydrogen-bond donors (Lipinski definition) is 2. The average Bonchev–Trinajstić information content (AvgIpc) is 2.61. The fourth-order valence-electron chi connectivity index (χ4n) is 2.70. The number of hydrogen-bond acceptors (Lipinski definition) is 1. The van der Waals surface area contributed by atoms with E-state index in [0.29, 0.717) is 6.54 Å². The Hall–Kier alpha value is -2.81. The van der Waals surface area contributed by atoms with E-state index in [2.05, 4.69) is 47.9 Å². The molecule has 0 aromatic heterocycles. The molecule has 0 aliphatic heterocycles. The van der Waals surface area contributed by atoms with Gasteiger partial charge in [0.15, 0.2) is 0 Å². The van der Waals surface area contributed by atoms with Crippen molar-refractivity contribution in [2.45, 2.75) is 26.4 Å². The van der Waals surface area contributed by atoms with Crippen LogP contribution < -0.4 is 10.6 Å². The number of amides is 2. The highest BCUT2D eigenvalue weighted by molar-refractivity contribution is 5.83. The second-order valence-electron chi connectivity index (χ2n) is 6.14. The summed E-state index contributed by atoms with van der Waals surface area (Å²) in [6.07, 6.45) is 0. The molecular formula is C21H22N2O. The van der Waals surface area contributed by atoms with Crippen LogP contribution in [0.15, 0.2) is 66.7 Å². The first-order valence-corrected chi connectivity index (χ1v) is 8.20. The maximum Gasteiger partial charge on any atom is 0.315 e. The molecule has 122 valence electrons. The lowest BCUT2D eigenvalue weighted by atomic mass is 10.0. The monoisotopic (exact) mass is 318 g/mol. The molecule has 3 heteroatoms. The summed E-state index contributed by atoms with van der Waals surface area (Å²) in [6.45, 7) is 4.57. The Kier molecular flexibility index (Phi) is 4.80. The van der Waals surface area contributed by atoms with Crippen LogP contribution in [0.3, 0.4) is 0 Å². The van der Waals surface area contributed by atoms with E-state index < -0.39 is 0 Å². The maximum atomic E-state index is 12.1. The minimum Gasteiger partial charge on any atom is -0.334 e. The molecule has 0 saturated heterocycles. The summed E-state index contributed by atoms with van der Waals surface area (Å²) in [6, 6.07) is 22.5. The van der Waals surface area contributed by atoms with Crippen molar-refractivity contribution in [1.29, 1.82) is 0 Å². The van der Waals surface area contributed by atoms with E-state index in [9.17, 15) is 4.79 Å². The Bertz CT molecular complexity index is 840. The zero-order chi connectivity index (χ0) is 16.9. The second-order valence-corrected chi connectivity index (χ2v) is 6.14. The molecule has 0 fully saturated rings. The van der Waals surface area contributed by atoms with Gasteiger partial charge in [-0.2, -0.15) is 0 Å². The largest absolute Gasteiger partial charge is 0.334 e. The van der Waals surface area contributed by atoms with Gasteiger partial charge in [0.1, 0.15) is 0 Å². The van der Waals surface area contributed by atoms with Crippen molar-refractivity contribution >= 4 is 16.8 Å². The summed E-state index contributed by atoms with van der Waals surface area (Å²) in [5, 5.41) is 8.29. The third kappa shape index (κ3) is 3.93. The summed E-state index contributed by atoms with van der Waals surface area (Å²) < 4.78 is 0. The summed E-state index contributed by atoms with van der Waals surface area (Å²) >= 11 is 0. The quantitative estimate of drug-likeness (QED) is 0.719. The van der Waals surface area contributed by atoms with Crippen LogP contribution in [-0.4, -0.2) is 6.03 Å². The van der Waals surface area contributed by atoms with Crippen molar-refractivity contribution in [2.24, 2.45) is 0 Å². The van der Waals surface area contributed by atoms with E-state index in [-0.39, 0.29) is 12.1 Å². The van der Waals surface area contributed by atoms with Crippen molar-refractivity contribution in [1.82, 2.24) is 10.6 Å². The van der Waals surface area contributed by atoms with Crippen molar-refractivity contribution in [3.05, 3.63) is 83.4 Å². The van der Waals surface area contributed by atoms with E-state index in [1.54, 1.807) is 0 Å². The Morgan fingerprint density at radius 1 is 0.958 bits per heavy atom. The maximum absolute atomic E-state index is 12.1. The molecule has 0 radical (unpaired) electrons. The van der Waals surface area contributed by atoms with Gasteiger partial charge in [0.05, 0.1) is 6.04 Å². The first-order valence-electron chi connectivity index (χ1n) is 8.20. The first-order chi connectivity index (χ1) is 11.6. The van der Waals surface area contributed by atoms with Gasteiger partial charge in [0.25, 0.3) is 0 Å². The minimum atomic E-state index is -0.156. The van der Waals surface area contributed by atoms with E-state index in [4.69, 9.17) is 0 Å². The van der Waals surface area contributed by atoms with Crippen LogP contribution >= 0.6 is 0 Å². The third-order valence-electron chi connectivity index (χ3n) is 4.19. The van der Waals surface area contributed by atoms with Gasteiger partial charge in [-0.15, -0.1) is 0 Å². The second kappa shape index (κ2) is 7.18. The Balaban J connectivity index is 1.59. The van der Waals surface area contributed by atoms with E-state index in [0.717, 1.165) is 11.1 Å². The highest BCUT2D eigenvalue weighted by Crippen LogP contribution is 2.20. The number of benzene rings is 3. The summed E-state index contributed by atoms with van der Waals surface area (Å²) in [7, 11) is 0. The zero-order valence-corrected chi connectivity index (χ0v) is 14.0. The molecule has 2 N–H and O–H groups in total. The molecule has 3 aromatic carbocycles. The predicted molar refractivity (Wildman–Crippen MR) is 98.9 cm³/mol. The molecule has 1 atom stereocenters. The normalized spacial score (nSPS) is 11.9. The van der Waals surface area contributed by atoms with Crippen molar-refractivity contribution in [2.75, 3.05) is 0 Å². The molecule has 3 rings (SSSR count). The zero-order valence-electron chi connectivity index (χ0n) is 14.0. The van der Waals surface area contributed by atoms with Gasteiger partial charge in [-0.05, 0) is 41.8 Å². The standard InChI is InChI=1S/C21H22N2O/c1-15-7-9-17(10-8-15)14-22-21(24)23-16(2)19-12-11-18-5-3-4-6-20(18)13-19/h3-13,16H,14H2,1-2H3,(H2,22,23,24)/t16-/m0/s1. The Labute approximate surface area is 142 Å². The number of fused-ring (bicyclic) bond motifs is 1. The molecule has 0 heterocycles. The van der Waals surface area contributed by atoms with Gasteiger partial charge < -0.3 is 10.6 Å². The van der Waals surface area contributed by atoms with Gasteiger partial charge in [0.2, 0.25) is 0 Å². The lowest BCUT2D eigenvalue weighted by Gasteiger charge is -2.16. The van der Waals surface area contributed by atoms with Gasteiger partial charge in [-0.25, -0.2) is 4.79 Å². The van der Waals surface area contributed by atoms with Gasteiger partial charge in [-0.3, -0.25) is 0 Å². The molecule has 0 aliphatic rings. The fourth-order valence-corrected chi connectivity index (χ4v) is 2.70. The van der Waals surface area contributed by atoms with Crippen molar-refractivity contribution < 1.29 is 4.79 Å². The number of aryl methyl sites for hydroxylation is 1.